The average molecular weight is 161 g/mol. The lowest BCUT2D eigenvalue weighted by molar-refractivity contribution is 0.299. The lowest BCUT2D eigenvalue weighted by atomic mass is 10.3. The lowest BCUT2D eigenvalue weighted by Crippen LogP contribution is -2.25. The molecule has 0 aromatic rings. The molecule has 0 radical (unpaired) electrons. The molecule has 62 valence electrons. The maximum atomic E-state index is 5.52. The van der Waals surface area contributed by atoms with Gasteiger partial charge in [0, 0.05) is 12.6 Å². The Balaban J connectivity index is 3.21. The summed E-state index contributed by atoms with van der Waals surface area (Å²) >= 11 is 0. The van der Waals surface area contributed by atoms with Crippen molar-refractivity contribution in [3.8, 4) is 0 Å². The van der Waals surface area contributed by atoms with Gasteiger partial charge in [0.15, 0.2) is 9.76 Å². The Labute approximate surface area is 66.1 Å². The second kappa shape index (κ2) is 4.11. The van der Waals surface area contributed by atoms with E-state index in [0.717, 1.165) is 6.61 Å². The van der Waals surface area contributed by atoms with Gasteiger partial charge in [-0.3, -0.25) is 0 Å². The van der Waals surface area contributed by atoms with E-state index in [9.17, 15) is 0 Å². The van der Waals surface area contributed by atoms with E-state index < -0.39 is 0 Å². The molecule has 0 saturated heterocycles. The molecule has 0 heterocycles. The Hall–Kier alpha value is 0.137. The van der Waals surface area contributed by atoms with Crippen LogP contribution in [0.2, 0.25) is 5.04 Å². The highest BCUT2D eigenvalue weighted by Crippen LogP contribution is 2.19. The molecule has 0 aliphatic carbocycles. The monoisotopic (exact) mass is 161 g/mol. The van der Waals surface area contributed by atoms with Crippen LogP contribution in [0.1, 0.15) is 27.7 Å². The summed E-state index contributed by atoms with van der Waals surface area (Å²) in [5, 5.41) is 0.398. The Morgan fingerprint density at radius 2 is 2.00 bits per heavy atom. The molecular formula is C7H19NOSi. The van der Waals surface area contributed by atoms with Gasteiger partial charge in [0.1, 0.15) is 0 Å². The summed E-state index contributed by atoms with van der Waals surface area (Å²) in [5.74, 6) is 0. The van der Waals surface area contributed by atoms with Gasteiger partial charge in [-0.2, -0.15) is 0 Å². The molecule has 3 heteroatoms. The Kier molecular flexibility index (Phi) is 4.16. The Morgan fingerprint density at radius 1 is 1.50 bits per heavy atom. The van der Waals surface area contributed by atoms with Gasteiger partial charge in [0.25, 0.3) is 0 Å². The molecule has 10 heavy (non-hydrogen) atoms. The van der Waals surface area contributed by atoms with Crippen LogP contribution in [-0.2, 0) is 4.43 Å². The quantitative estimate of drug-likeness (QED) is 0.617. The van der Waals surface area contributed by atoms with Gasteiger partial charge >= 0.3 is 0 Å². The summed E-state index contributed by atoms with van der Waals surface area (Å²) in [5.41, 5.74) is 5.52. The van der Waals surface area contributed by atoms with Crippen LogP contribution in [-0.4, -0.2) is 22.4 Å². The van der Waals surface area contributed by atoms with Crippen molar-refractivity contribution in [3.05, 3.63) is 0 Å². The first-order valence-corrected chi connectivity index (χ1v) is 5.03. The first kappa shape index (κ1) is 10.1. The zero-order valence-corrected chi connectivity index (χ0v) is 8.89. The molecule has 2 nitrogen and oxygen atoms in total. The van der Waals surface area contributed by atoms with Gasteiger partial charge in [-0.25, -0.2) is 0 Å². The van der Waals surface area contributed by atoms with Gasteiger partial charge in [-0.05, 0) is 12.0 Å². The summed E-state index contributed by atoms with van der Waals surface area (Å²) in [6.07, 6.45) is 0. The predicted molar refractivity (Wildman–Crippen MR) is 47.9 cm³/mol. The highest BCUT2D eigenvalue weighted by molar-refractivity contribution is 6.31. The van der Waals surface area contributed by atoms with E-state index in [0.29, 0.717) is 5.04 Å². The molecular weight excluding hydrogens is 142 g/mol. The van der Waals surface area contributed by atoms with Gasteiger partial charge in [-0.15, -0.1) is 0 Å². The van der Waals surface area contributed by atoms with Gasteiger partial charge in [0.2, 0.25) is 0 Å². The van der Waals surface area contributed by atoms with Crippen LogP contribution >= 0.6 is 0 Å². The van der Waals surface area contributed by atoms with Crippen molar-refractivity contribution in [2.24, 2.45) is 5.73 Å². The molecule has 0 aromatic heterocycles. The van der Waals surface area contributed by atoms with Crippen LogP contribution in [0, 0.1) is 0 Å². The zero-order valence-electron chi connectivity index (χ0n) is 7.48. The van der Waals surface area contributed by atoms with E-state index in [4.69, 9.17) is 10.2 Å². The summed E-state index contributed by atoms with van der Waals surface area (Å²) in [7, 11) is -0.373. The smallest absolute Gasteiger partial charge is 0.166 e. The van der Waals surface area contributed by atoms with Crippen molar-refractivity contribution in [2.75, 3.05) is 6.61 Å². The van der Waals surface area contributed by atoms with E-state index in [1.807, 2.05) is 6.92 Å². The SMILES string of the molecule is C[C@@H](N)CO[SiH2]C(C)(C)C. The Bertz CT molecular complexity index is 88.1. The molecule has 0 aliphatic heterocycles. The van der Waals surface area contributed by atoms with Crippen molar-refractivity contribution >= 4 is 9.76 Å². The maximum absolute atomic E-state index is 5.52. The van der Waals surface area contributed by atoms with E-state index in [2.05, 4.69) is 20.8 Å². The van der Waals surface area contributed by atoms with E-state index >= 15 is 0 Å². The van der Waals surface area contributed by atoms with Crippen LogP contribution in [0.25, 0.3) is 0 Å². The summed E-state index contributed by atoms with van der Waals surface area (Å²) in [6.45, 7) is 9.32. The molecule has 0 aliphatic rings. The molecule has 0 bridgehead atoms. The van der Waals surface area contributed by atoms with Gasteiger partial charge in [-0.1, -0.05) is 20.8 Å². The van der Waals surface area contributed by atoms with Crippen LogP contribution in [0.5, 0.6) is 0 Å². The third kappa shape index (κ3) is 8.14. The standard InChI is InChI=1S/C7H19NOSi/c1-6(8)5-9-10-7(2,3)4/h6H,5,8,10H2,1-4H3/t6-/m1/s1. The van der Waals surface area contributed by atoms with Gasteiger partial charge in [0.05, 0.1) is 0 Å². The molecule has 2 N–H and O–H groups in total. The van der Waals surface area contributed by atoms with Crippen molar-refractivity contribution < 1.29 is 4.43 Å². The summed E-state index contributed by atoms with van der Waals surface area (Å²) < 4.78 is 5.47. The second-order valence-corrected chi connectivity index (χ2v) is 6.87. The molecule has 0 unspecified atom stereocenters. The normalized spacial score (nSPS) is 16.5. The number of nitrogens with two attached hydrogens (primary N) is 1. The minimum absolute atomic E-state index is 0.190. The topological polar surface area (TPSA) is 35.2 Å². The minimum Gasteiger partial charge on any atom is -0.422 e. The van der Waals surface area contributed by atoms with Crippen molar-refractivity contribution in [1.29, 1.82) is 0 Å². The average Bonchev–Trinajstić information content (AvgIpc) is 1.59. The third-order valence-electron chi connectivity index (χ3n) is 0.916. The first-order chi connectivity index (χ1) is 4.42. The lowest BCUT2D eigenvalue weighted by Gasteiger charge is -2.17. The Morgan fingerprint density at radius 3 is 2.30 bits per heavy atom. The number of hydrogen-bond acceptors (Lipinski definition) is 2. The minimum atomic E-state index is -0.373. The molecule has 0 saturated carbocycles. The highest BCUT2D eigenvalue weighted by Gasteiger charge is 2.11. The molecule has 0 aromatic carbocycles. The van der Waals surface area contributed by atoms with E-state index in [1.54, 1.807) is 0 Å². The predicted octanol–water partition coefficient (Wildman–Crippen LogP) is 0.652. The maximum Gasteiger partial charge on any atom is 0.166 e. The fraction of sp³-hybridized carbons (Fsp3) is 1.00. The number of rotatable bonds is 3. The fourth-order valence-electron chi connectivity index (χ4n) is 0.551. The van der Waals surface area contributed by atoms with Gasteiger partial charge < -0.3 is 10.2 Å². The molecule has 1 atom stereocenters. The second-order valence-electron chi connectivity index (χ2n) is 4.05. The van der Waals surface area contributed by atoms with Crippen LogP contribution in [0.4, 0.5) is 0 Å². The summed E-state index contributed by atoms with van der Waals surface area (Å²) in [4.78, 5) is 0. The third-order valence-corrected chi connectivity index (χ3v) is 2.22. The van der Waals surface area contributed by atoms with Crippen molar-refractivity contribution in [3.63, 3.8) is 0 Å². The van der Waals surface area contributed by atoms with Crippen LogP contribution in [0.15, 0.2) is 0 Å². The van der Waals surface area contributed by atoms with E-state index in [1.165, 1.54) is 0 Å². The molecule has 0 amide bonds. The summed E-state index contributed by atoms with van der Waals surface area (Å²) in [6, 6.07) is 0.190. The largest absolute Gasteiger partial charge is 0.422 e. The fourth-order valence-corrected chi connectivity index (χ4v) is 1.65. The molecule has 0 rings (SSSR count). The first-order valence-electron chi connectivity index (χ1n) is 3.75. The van der Waals surface area contributed by atoms with Crippen molar-refractivity contribution in [2.45, 2.75) is 38.8 Å². The van der Waals surface area contributed by atoms with Crippen LogP contribution < -0.4 is 5.73 Å². The van der Waals surface area contributed by atoms with Crippen molar-refractivity contribution in [1.82, 2.24) is 0 Å². The zero-order chi connectivity index (χ0) is 8.20. The van der Waals surface area contributed by atoms with E-state index in [-0.39, 0.29) is 15.8 Å². The van der Waals surface area contributed by atoms with Crippen LogP contribution in [0.3, 0.4) is 0 Å². The highest BCUT2D eigenvalue weighted by atomic mass is 28.2. The molecule has 0 spiro atoms. The molecule has 0 fully saturated rings. The number of hydrogen-bond donors (Lipinski definition) is 1.